The first kappa shape index (κ1) is 14.9. The lowest BCUT2D eigenvalue weighted by molar-refractivity contribution is 0.406. The summed E-state index contributed by atoms with van der Waals surface area (Å²) >= 11 is 0. The molecule has 0 aliphatic heterocycles. The maximum absolute atomic E-state index is 13.5. The van der Waals surface area contributed by atoms with Crippen LogP contribution in [-0.2, 0) is 0 Å². The van der Waals surface area contributed by atoms with Crippen LogP contribution in [0.5, 0.6) is 5.75 Å². The summed E-state index contributed by atoms with van der Waals surface area (Å²) in [6, 6.07) is 5.99. The van der Waals surface area contributed by atoms with Crippen molar-refractivity contribution in [1.82, 2.24) is 14.6 Å². The number of ether oxygens (including phenoxy) is 1. The van der Waals surface area contributed by atoms with Crippen molar-refractivity contribution in [3.05, 3.63) is 53.6 Å². The van der Waals surface area contributed by atoms with Gasteiger partial charge in [0, 0.05) is 11.8 Å². The molecular formula is C17H15FN4O. The predicted octanol–water partition coefficient (Wildman–Crippen LogP) is 3.03. The van der Waals surface area contributed by atoms with Gasteiger partial charge in [-0.05, 0) is 31.2 Å². The molecule has 2 aromatic heterocycles. The Morgan fingerprint density at radius 2 is 2.22 bits per heavy atom. The smallest absolute Gasteiger partial charge is 0.172 e. The van der Waals surface area contributed by atoms with Crippen LogP contribution in [0.15, 0.2) is 36.7 Å². The van der Waals surface area contributed by atoms with Crippen LogP contribution in [0.3, 0.4) is 0 Å². The van der Waals surface area contributed by atoms with Crippen molar-refractivity contribution in [1.29, 1.82) is 0 Å². The molecule has 23 heavy (non-hydrogen) atoms. The summed E-state index contributed by atoms with van der Waals surface area (Å²) in [5.41, 5.74) is 1.92. The number of aromatic nitrogens is 3. The predicted molar refractivity (Wildman–Crippen MR) is 85.9 cm³/mol. The number of methoxy groups -OCH3 is 1. The van der Waals surface area contributed by atoms with Gasteiger partial charge in [-0.1, -0.05) is 5.92 Å². The first-order valence-corrected chi connectivity index (χ1v) is 7.03. The van der Waals surface area contributed by atoms with Crippen LogP contribution in [0, 0.1) is 18.2 Å². The molecule has 1 aromatic carbocycles. The first-order chi connectivity index (χ1) is 11.1. The van der Waals surface area contributed by atoms with E-state index >= 15 is 0 Å². The Morgan fingerprint density at radius 3 is 2.96 bits per heavy atom. The Balaban J connectivity index is 1.92. The summed E-state index contributed by atoms with van der Waals surface area (Å²) in [5, 5.41) is 7.35. The summed E-state index contributed by atoms with van der Waals surface area (Å²) in [5.74, 6) is 3.46. The number of benzene rings is 1. The molecule has 2 heterocycles. The minimum absolute atomic E-state index is 0.201. The third kappa shape index (κ3) is 2.81. The second-order valence-corrected chi connectivity index (χ2v) is 5.04. The number of nitrogens with zero attached hydrogens (tertiary/aromatic N) is 3. The number of hydrogen-bond donors (Lipinski definition) is 1. The molecule has 0 aliphatic rings. The number of rotatable bonds is 4. The molecule has 0 saturated heterocycles. The van der Waals surface area contributed by atoms with Crippen molar-refractivity contribution < 1.29 is 9.13 Å². The molecule has 5 nitrogen and oxygen atoms in total. The molecule has 0 bridgehead atoms. The Kier molecular flexibility index (Phi) is 3.85. The molecule has 6 heteroatoms. The van der Waals surface area contributed by atoms with Crippen LogP contribution >= 0.6 is 0 Å². The highest BCUT2D eigenvalue weighted by atomic mass is 19.1. The summed E-state index contributed by atoms with van der Waals surface area (Å²) in [6.07, 6.45) is 8.79. The molecule has 0 amide bonds. The van der Waals surface area contributed by atoms with Gasteiger partial charge in [-0.15, -0.1) is 6.42 Å². The van der Waals surface area contributed by atoms with Gasteiger partial charge in [0.1, 0.15) is 17.4 Å². The number of nitrogens with one attached hydrogen (secondary N) is 1. The van der Waals surface area contributed by atoms with Crippen LogP contribution < -0.4 is 10.1 Å². The quantitative estimate of drug-likeness (QED) is 0.753. The number of halogens is 1. The van der Waals surface area contributed by atoms with E-state index in [4.69, 9.17) is 11.2 Å². The number of hydrogen-bond acceptors (Lipinski definition) is 4. The lowest BCUT2D eigenvalue weighted by Gasteiger charge is -2.18. The zero-order valence-corrected chi connectivity index (χ0v) is 12.7. The van der Waals surface area contributed by atoms with Gasteiger partial charge >= 0.3 is 0 Å². The summed E-state index contributed by atoms with van der Waals surface area (Å²) in [7, 11) is 1.55. The largest absolute Gasteiger partial charge is 0.496 e. The SMILES string of the molecule is C#Cc1cnn2ccc(NC(C)c3cc(F)ccc3OC)nc12. The zero-order valence-electron chi connectivity index (χ0n) is 12.7. The fourth-order valence-corrected chi connectivity index (χ4v) is 2.39. The fraction of sp³-hybridized carbons (Fsp3) is 0.176. The lowest BCUT2D eigenvalue weighted by Crippen LogP contribution is -2.10. The summed E-state index contributed by atoms with van der Waals surface area (Å²) in [6.45, 7) is 1.90. The van der Waals surface area contributed by atoms with Crippen molar-refractivity contribution in [2.24, 2.45) is 0 Å². The maximum Gasteiger partial charge on any atom is 0.172 e. The molecule has 116 valence electrons. The molecule has 1 N–H and O–H groups in total. The first-order valence-electron chi connectivity index (χ1n) is 7.03. The van der Waals surface area contributed by atoms with Crippen LogP contribution in [0.1, 0.15) is 24.1 Å². The third-order valence-electron chi connectivity index (χ3n) is 3.55. The average Bonchev–Trinajstić information content (AvgIpc) is 2.97. The van der Waals surface area contributed by atoms with E-state index in [1.807, 2.05) is 6.92 Å². The van der Waals surface area contributed by atoms with E-state index in [0.29, 0.717) is 28.3 Å². The van der Waals surface area contributed by atoms with E-state index < -0.39 is 0 Å². The standard InChI is InChI=1S/C17H15FN4O/c1-4-12-10-19-22-8-7-16(21-17(12)22)20-11(2)14-9-13(18)5-6-15(14)23-3/h1,5-11H,2-3H3,(H,20,21). The van der Waals surface area contributed by atoms with Gasteiger partial charge in [0.2, 0.25) is 0 Å². The fourth-order valence-electron chi connectivity index (χ4n) is 2.39. The Bertz CT molecular complexity index is 897. The van der Waals surface area contributed by atoms with E-state index in [1.54, 1.807) is 36.2 Å². The van der Waals surface area contributed by atoms with Gasteiger partial charge in [0.25, 0.3) is 0 Å². The van der Waals surface area contributed by atoms with Crippen LogP contribution in [0.2, 0.25) is 0 Å². The highest BCUT2D eigenvalue weighted by molar-refractivity contribution is 5.58. The van der Waals surface area contributed by atoms with Crippen molar-refractivity contribution >= 4 is 11.5 Å². The van der Waals surface area contributed by atoms with Gasteiger partial charge in [0.15, 0.2) is 5.65 Å². The van der Waals surface area contributed by atoms with E-state index in [1.165, 1.54) is 12.1 Å². The van der Waals surface area contributed by atoms with E-state index in [2.05, 4.69) is 21.3 Å². The van der Waals surface area contributed by atoms with Crippen molar-refractivity contribution in [2.75, 3.05) is 12.4 Å². The third-order valence-corrected chi connectivity index (χ3v) is 3.55. The van der Waals surface area contributed by atoms with Crippen LogP contribution in [0.4, 0.5) is 10.2 Å². The molecule has 0 aliphatic carbocycles. The molecule has 1 atom stereocenters. The Hall–Kier alpha value is -3.07. The van der Waals surface area contributed by atoms with Gasteiger partial charge in [-0.2, -0.15) is 5.10 Å². The number of anilines is 1. The van der Waals surface area contributed by atoms with Gasteiger partial charge in [0.05, 0.1) is 24.9 Å². The minimum atomic E-state index is -0.316. The van der Waals surface area contributed by atoms with Gasteiger partial charge in [-0.3, -0.25) is 0 Å². The summed E-state index contributed by atoms with van der Waals surface area (Å²) < 4.78 is 20.4. The second-order valence-electron chi connectivity index (χ2n) is 5.04. The zero-order chi connectivity index (χ0) is 16.4. The molecule has 0 radical (unpaired) electrons. The maximum atomic E-state index is 13.5. The normalized spacial score (nSPS) is 11.9. The molecule has 3 rings (SSSR count). The molecule has 3 aromatic rings. The molecule has 1 unspecified atom stereocenters. The van der Waals surface area contributed by atoms with E-state index in [0.717, 1.165) is 0 Å². The number of fused-ring (bicyclic) bond motifs is 1. The lowest BCUT2D eigenvalue weighted by atomic mass is 10.1. The molecule has 0 saturated carbocycles. The van der Waals surface area contributed by atoms with Crippen molar-refractivity contribution in [3.63, 3.8) is 0 Å². The van der Waals surface area contributed by atoms with Crippen molar-refractivity contribution in [3.8, 4) is 18.1 Å². The average molecular weight is 310 g/mol. The summed E-state index contributed by atoms with van der Waals surface area (Å²) in [4.78, 5) is 4.46. The topological polar surface area (TPSA) is 51.5 Å². The van der Waals surface area contributed by atoms with Gasteiger partial charge < -0.3 is 10.1 Å². The second kappa shape index (κ2) is 5.97. The minimum Gasteiger partial charge on any atom is -0.496 e. The molecule has 0 spiro atoms. The molecule has 0 fully saturated rings. The highest BCUT2D eigenvalue weighted by Crippen LogP contribution is 2.28. The molecular weight excluding hydrogens is 295 g/mol. The van der Waals surface area contributed by atoms with E-state index in [9.17, 15) is 4.39 Å². The van der Waals surface area contributed by atoms with E-state index in [-0.39, 0.29) is 11.9 Å². The Morgan fingerprint density at radius 1 is 1.39 bits per heavy atom. The van der Waals surface area contributed by atoms with Gasteiger partial charge in [-0.25, -0.2) is 13.9 Å². The monoisotopic (exact) mass is 310 g/mol. The Labute approximate surface area is 133 Å². The number of terminal acetylenes is 1. The van der Waals surface area contributed by atoms with Crippen LogP contribution in [0.25, 0.3) is 5.65 Å². The van der Waals surface area contributed by atoms with Crippen molar-refractivity contribution in [2.45, 2.75) is 13.0 Å². The highest BCUT2D eigenvalue weighted by Gasteiger charge is 2.14. The van der Waals surface area contributed by atoms with Crippen LogP contribution in [-0.4, -0.2) is 21.7 Å².